The van der Waals surface area contributed by atoms with Crippen LogP contribution in [0.3, 0.4) is 0 Å². The first-order chi connectivity index (χ1) is 5.34. The number of methoxy groups -OCH3 is 1. The predicted molar refractivity (Wildman–Crippen MR) is 42.1 cm³/mol. The molecular formula is C8H13NO2. The SMILES string of the molecule is COCCC(N)c1ccoc1. The van der Waals surface area contributed by atoms with E-state index in [1.165, 1.54) is 0 Å². The molecule has 62 valence electrons. The Bertz CT molecular complexity index is 184. The Balaban J connectivity index is 2.36. The number of rotatable bonds is 4. The molecule has 1 unspecified atom stereocenters. The zero-order chi connectivity index (χ0) is 8.10. The van der Waals surface area contributed by atoms with Crippen molar-refractivity contribution in [2.45, 2.75) is 12.5 Å². The van der Waals surface area contributed by atoms with Gasteiger partial charge in [0.25, 0.3) is 0 Å². The van der Waals surface area contributed by atoms with E-state index in [1.54, 1.807) is 19.6 Å². The van der Waals surface area contributed by atoms with Crippen molar-refractivity contribution < 1.29 is 9.15 Å². The summed E-state index contributed by atoms with van der Waals surface area (Å²) in [4.78, 5) is 0. The lowest BCUT2D eigenvalue weighted by atomic mass is 10.1. The summed E-state index contributed by atoms with van der Waals surface area (Å²) in [5, 5.41) is 0. The van der Waals surface area contributed by atoms with E-state index in [0.29, 0.717) is 6.61 Å². The number of hydrogen-bond acceptors (Lipinski definition) is 3. The maximum absolute atomic E-state index is 5.79. The third-order valence-electron chi connectivity index (χ3n) is 1.60. The van der Waals surface area contributed by atoms with Crippen LogP contribution >= 0.6 is 0 Å². The van der Waals surface area contributed by atoms with E-state index < -0.39 is 0 Å². The lowest BCUT2D eigenvalue weighted by molar-refractivity contribution is 0.188. The third-order valence-corrected chi connectivity index (χ3v) is 1.60. The highest BCUT2D eigenvalue weighted by atomic mass is 16.5. The lowest BCUT2D eigenvalue weighted by Gasteiger charge is -2.06. The molecule has 0 saturated heterocycles. The van der Waals surface area contributed by atoms with E-state index in [2.05, 4.69) is 0 Å². The zero-order valence-electron chi connectivity index (χ0n) is 6.62. The molecule has 1 atom stereocenters. The minimum Gasteiger partial charge on any atom is -0.472 e. The molecule has 0 aliphatic carbocycles. The van der Waals surface area contributed by atoms with Crippen molar-refractivity contribution in [1.29, 1.82) is 0 Å². The minimum atomic E-state index is 0.0358. The van der Waals surface area contributed by atoms with Crippen molar-refractivity contribution >= 4 is 0 Å². The first-order valence-electron chi connectivity index (χ1n) is 3.61. The molecule has 0 fully saturated rings. The first kappa shape index (κ1) is 8.30. The normalized spacial score (nSPS) is 13.3. The van der Waals surface area contributed by atoms with Crippen molar-refractivity contribution in [3.05, 3.63) is 24.2 Å². The summed E-state index contributed by atoms with van der Waals surface area (Å²) in [5.41, 5.74) is 6.82. The van der Waals surface area contributed by atoms with Gasteiger partial charge in [-0.15, -0.1) is 0 Å². The van der Waals surface area contributed by atoms with Crippen LogP contribution in [0.2, 0.25) is 0 Å². The molecule has 0 radical (unpaired) electrons. The fourth-order valence-corrected chi connectivity index (χ4v) is 0.897. The van der Waals surface area contributed by atoms with Gasteiger partial charge in [0.1, 0.15) is 0 Å². The number of ether oxygens (including phenoxy) is 1. The van der Waals surface area contributed by atoms with Gasteiger partial charge in [-0.05, 0) is 12.5 Å². The molecule has 11 heavy (non-hydrogen) atoms. The minimum absolute atomic E-state index is 0.0358. The zero-order valence-corrected chi connectivity index (χ0v) is 6.62. The van der Waals surface area contributed by atoms with Crippen molar-refractivity contribution in [1.82, 2.24) is 0 Å². The van der Waals surface area contributed by atoms with E-state index in [9.17, 15) is 0 Å². The molecule has 0 spiro atoms. The van der Waals surface area contributed by atoms with Gasteiger partial charge >= 0.3 is 0 Å². The summed E-state index contributed by atoms with van der Waals surface area (Å²) < 4.78 is 9.79. The summed E-state index contributed by atoms with van der Waals surface area (Å²) in [6.07, 6.45) is 4.12. The van der Waals surface area contributed by atoms with Crippen molar-refractivity contribution in [2.75, 3.05) is 13.7 Å². The van der Waals surface area contributed by atoms with Gasteiger partial charge in [-0.1, -0.05) is 0 Å². The van der Waals surface area contributed by atoms with Gasteiger partial charge in [-0.3, -0.25) is 0 Å². The molecule has 3 heteroatoms. The molecule has 1 aromatic heterocycles. The smallest absolute Gasteiger partial charge is 0.0950 e. The fraction of sp³-hybridized carbons (Fsp3) is 0.500. The number of nitrogens with two attached hydrogens (primary N) is 1. The first-order valence-corrected chi connectivity index (χ1v) is 3.61. The van der Waals surface area contributed by atoms with Crippen LogP contribution < -0.4 is 5.73 Å². The van der Waals surface area contributed by atoms with E-state index in [4.69, 9.17) is 14.9 Å². The van der Waals surface area contributed by atoms with Crippen LogP contribution in [0.1, 0.15) is 18.0 Å². The van der Waals surface area contributed by atoms with Gasteiger partial charge in [-0.2, -0.15) is 0 Å². The van der Waals surface area contributed by atoms with Crippen LogP contribution in [-0.2, 0) is 4.74 Å². The number of hydrogen-bond donors (Lipinski definition) is 1. The molecule has 1 rings (SSSR count). The largest absolute Gasteiger partial charge is 0.472 e. The molecule has 0 bridgehead atoms. The quantitative estimate of drug-likeness (QED) is 0.713. The van der Waals surface area contributed by atoms with Crippen LogP contribution in [0.5, 0.6) is 0 Å². The average Bonchev–Trinajstić information content (AvgIpc) is 2.52. The Morgan fingerprint density at radius 2 is 2.55 bits per heavy atom. The third kappa shape index (κ3) is 2.37. The van der Waals surface area contributed by atoms with Crippen molar-refractivity contribution in [3.63, 3.8) is 0 Å². The molecular weight excluding hydrogens is 142 g/mol. The molecule has 0 aliphatic rings. The Morgan fingerprint density at radius 3 is 3.09 bits per heavy atom. The highest BCUT2D eigenvalue weighted by Crippen LogP contribution is 2.13. The number of furan rings is 1. The highest BCUT2D eigenvalue weighted by molar-refractivity contribution is 5.10. The Labute approximate surface area is 66.1 Å². The second-order valence-electron chi connectivity index (χ2n) is 2.44. The summed E-state index contributed by atoms with van der Waals surface area (Å²) >= 11 is 0. The van der Waals surface area contributed by atoms with Crippen LogP contribution in [-0.4, -0.2) is 13.7 Å². The monoisotopic (exact) mass is 155 g/mol. The van der Waals surface area contributed by atoms with Gasteiger partial charge in [-0.25, -0.2) is 0 Å². The summed E-state index contributed by atoms with van der Waals surface area (Å²) in [6.45, 7) is 0.687. The van der Waals surface area contributed by atoms with Crippen molar-refractivity contribution in [3.8, 4) is 0 Å². The summed E-state index contributed by atoms with van der Waals surface area (Å²) in [5.74, 6) is 0. The van der Waals surface area contributed by atoms with E-state index in [1.807, 2.05) is 6.07 Å². The van der Waals surface area contributed by atoms with E-state index >= 15 is 0 Å². The van der Waals surface area contributed by atoms with Gasteiger partial charge < -0.3 is 14.9 Å². The maximum Gasteiger partial charge on any atom is 0.0950 e. The Morgan fingerprint density at radius 1 is 1.73 bits per heavy atom. The highest BCUT2D eigenvalue weighted by Gasteiger charge is 2.05. The Hall–Kier alpha value is -0.800. The van der Waals surface area contributed by atoms with Crippen molar-refractivity contribution in [2.24, 2.45) is 5.73 Å². The van der Waals surface area contributed by atoms with E-state index in [0.717, 1.165) is 12.0 Å². The van der Waals surface area contributed by atoms with Gasteiger partial charge in [0, 0.05) is 25.3 Å². The topological polar surface area (TPSA) is 48.4 Å². The standard InChI is InChI=1S/C8H13NO2/c1-10-4-3-8(9)7-2-5-11-6-7/h2,5-6,8H,3-4,9H2,1H3. The molecule has 0 aliphatic heterocycles. The van der Waals surface area contributed by atoms with Gasteiger partial charge in [0.05, 0.1) is 12.5 Å². The second kappa shape index (κ2) is 4.16. The molecule has 0 saturated carbocycles. The molecule has 1 aromatic rings. The van der Waals surface area contributed by atoms with Gasteiger partial charge in [0.15, 0.2) is 0 Å². The summed E-state index contributed by atoms with van der Waals surface area (Å²) in [6, 6.07) is 1.91. The van der Waals surface area contributed by atoms with Gasteiger partial charge in [0.2, 0.25) is 0 Å². The molecule has 0 amide bonds. The average molecular weight is 155 g/mol. The second-order valence-corrected chi connectivity index (χ2v) is 2.44. The fourth-order valence-electron chi connectivity index (χ4n) is 0.897. The molecule has 3 nitrogen and oxygen atoms in total. The van der Waals surface area contributed by atoms with Crippen LogP contribution in [0.25, 0.3) is 0 Å². The van der Waals surface area contributed by atoms with E-state index in [-0.39, 0.29) is 6.04 Å². The molecule has 0 aromatic carbocycles. The van der Waals surface area contributed by atoms with Crippen LogP contribution in [0.4, 0.5) is 0 Å². The molecule has 1 heterocycles. The lowest BCUT2D eigenvalue weighted by Crippen LogP contribution is -2.11. The van der Waals surface area contributed by atoms with Crippen LogP contribution in [0.15, 0.2) is 23.0 Å². The maximum atomic E-state index is 5.79. The van der Waals surface area contributed by atoms with Crippen LogP contribution in [0, 0.1) is 0 Å². The summed E-state index contributed by atoms with van der Waals surface area (Å²) in [7, 11) is 1.67. The Kier molecular flexibility index (Phi) is 3.14. The predicted octanol–water partition coefficient (Wildman–Crippen LogP) is 1.32. The molecule has 2 N–H and O–H groups in total.